The van der Waals surface area contributed by atoms with Crippen LogP contribution in [0.25, 0.3) is 5.82 Å². The fourth-order valence-electron chi connectivity index (χ4n) is 2.93. The molecule has 5 nitrogen and oxygen atoms in total. The third-order valence-corrected chi connectivity index (χ3v) is 4.30. The predicted molar refractivity (Wildman–Crippen MR) is 80.6 cm³/mol. The molecule has 0 radical (unpaired) electrons. The first-order valence-corrected chi connectivity index (χ1v) is 7.75. The highest BCUT2D eigenvalue weighted by Gasteiger charge is 2.41. The van der Waals surface area contributed by atoms with Crippen molar-refractivity contribution in [1.29, 1.82) is 0 Å². The molecule has 2 heterocycles. The summed E-state index contributed by atoms with van der Waals surface area (Å²) in [5.41, 5.74) is 0.423. The van der Waals surface area contributed by atoms with Gasteiger partial charge in [-0.05, 0) is 37.8 Å². The van der Waals surface area contributed by atoms with Gasteiger partial charge in [-0.2, -0.15) is 13.2 Å². The Kier molecular flexibility index (Phi) is 4.55. The Bertz CT molecular complexity index is 692. The maximum atomic E-state index is 12.7. The summed E-state index contributed by atoms with van der Waals surface area (Å²) in [6, 6.07) is 2.98. The maximum absolute atomic E-state index is 12.7. The van der Waals surface area contributed by atoms with Crippen LogP contribution in [-0.2, 0) is 0 Å². The summed E-state index contributed by atoms with van der Waals surface area (Å²) in [6.45, 7) is 0. The van der Waals surface area contributed by atoms with Crippen LogP contribution in [-0.4, -0.2) is 32.7 Å². The van der Waals surface area contributed by atoms with Gasteiger partial charge in [0.2, 0.25) is 0 Å². The summed E-state index contributed by atoms with van der Waals surface area (Å²) in [5, 5.41) is 2.82. The average molecular weight is 338 g/mol. The van der Waals surface area contributed by atoms with Crippen molar-refractivity contribution in [3.8, 4) is 5.82 Å². The van der Waals surface area contributed by atoms with E-state index in [-0.39, 0.29) is 24.8 Å². The van der Waals surface area contributed by atoms with Crippen molar-refractivity contribution < 1.29 is 18.0 Å². The number of aromatic nitrogens is 3. The van der Waals surface area contributed by atoms with Crippen molar-refractivity contribution in [2.24, 2.45) is 5.92 Å². The molecule has 8 heteroatoms. The number of hydrogen-bond acceptors (Lipinski definition) is 3. The number of amides is 1. The van der Waals surface area contributed by atoms with E-state index in [1.807, 2.05) is 0 Å². The first-order chi connectivity index (χ1) is 11.4. The minimum absolute atomic E-state index is 0.0606. The van der Waals surface area contributed by atoms with E-state index in [2.05, 4.69) is 15.3 Å². The molecule has 0 bridgehead atoms. The predicted octanol–water partition coefficient (Wildman–Crippen LogP) is 3.12. The molecule has 0 saturated heterocycles. The number of hydrogen-bond donors (Lipinski definition) is 1. The molecule has 3 rings (SSSR count). The number of halogens is 3. The lowest BCUT2D eigenvalue weighted by molar-refractivity contribution is -0.182. The third-order valence-electron chi connectivity index (χ3n) is 4.30. The van der Waals surface area contributed by atoms with Crippen LogP contribution in [0.2, 0.25) is 0 Å². The second-order valence-corrected chi connectivity index (χ2v) is 5.94. The van der Waals surface area contributed by atoms with Crippen LogP contribution in [0.3, 0.4) is 0 Å². The molecule has 1 amide bonds. The number of nitrogens with one attached hydrogen (secondary N) is 1. The van der Waals surface area contributed by atoms with Gasteiger partial charge >= 0.3 is 6.18 Å². The summed E-state index contributed by atoms with van der Waals surface area (Å²) in [6.07, 6.45) is 3.07. The fraction of sp³-hybridized carbons (Fsp3) is 0.438. The standard InChI is InChI=1S/C16H17F3N4O/c17-16(18,19)12-1-3-13(4-2-12)22-15(24)11-5-6-21-14(9-11)23-8-7-20-10-23/h5-10,12-13H,1-4H2,(H,22,24). The molecule has 128 valence electrons. The van der Waals surface area contributed by atoms with Crippen molar-refractivity contribution in [1.82, 2.24) is 19.9 Å². The summed E-state index contributed by atoms with van der Waals surface area (Å²) in [5.74, 6) is -0.991. The van der Waals surface area contributed by atoms with Gasteiger partial charge in [0.05, 0.1) is 5.92 Å². The number of nitrogens with zero attached hydrogens (tertiary/aromatic N) is 3. The summed E-state index contributed by atoms with van der Waals surface area (Å²) < 4.78 is 39.7. The second kappa shape index (κ2) is 6.62. The smallest absolute Gasteiger partial charge is 0.349 e. The highest BCUT2D eigenvalue weighted by Crippen LogP contribution is 2.37. The second-order valence-electron chi connectivity index (χ2n) is 5.94. The molecule has 24 heavy (non-hydrogen) atoms. The molecule has 0 unspecified atom stereocenters. The lowest BCUT2D eigenvalue weighted by atomic mass is 9.85. The first kappa shape index (κ1) is 16.5. The Hall–Kier alpha value is -2.38. The van der Waals surface area contributed by atoms with E-state index < -0.39 is 12.1 Å². The van der Waals surface area contributed by atoms with Gasteiger partial charge in [-0.1, -0.05) is 0 Å². The van der Waals surface area contributed by atoms with E-state index in [1.54, 1.807) is 35.4 Å². The van der Waals surface area contributed by atoms with Crippen LogP contribution in [0.1, 0.15) is 36.0 Å². The highest BCUT2D eigenvalue weighted by molar-refractivity contribution is 5.94. The van der Waals surface area contributed by atoms with Gasteiger partial charge in [-0.3, -0.25) is 9.36 Å². The molecule has 0 atom stereocenters. The molecular weight excluding hydrogens is 321 g/mol. The number of alkyl halides is 3. The highest BCUT2D eigenvalue weighted by atomic mass is 19.4. The van der Waals surface area contributed by atoms with Crippen molar-refractivity contribution in [2.45, 2.75) is 37.9 Å². The van der Waals surface area contributed by atoms with Gasteiger partial charge in [-0.15, -0.1) is 0 Å². The minimum Gasteiger partial charge on any atom is -0.349 e. The first-order valence-electron chi connectivity index (χ1n) is 7.75. The molecule has 1 aliphatic rings. The summed E-state index contributed by atoms with van der Waals surface area (Å²) in [4.78, 5) is 20.4. The van der Waals surface area contributed by atoms with Crippen LogP contribution in [0.4, 0.5) is 13.2 Å². The zero-order chi connectivity index (χ0) is 17.2. The van der Waals surface area contributed by atoms with Gasteiger partial charge in [0.15, 0.2) is 0 Å². The monoisotopic (exact) mass is 338 g/mol. The van der Waals surface area contributed by atoms with E-state index in [0.29, 0.717) is 24.2 Å². The largest absolute Gasteiger partial charge is 0.391 e. The number of carbonyl (C=O) groups excluding carboxylic acids is 1. The fourth-order valence-corrected chi connectivity index (χ4v) is 2.93. The molecule has 1 saturated carbocycles. The number of rotatable bonds is 3. The van der Waals surface area contributed by atoms with Crippen LogP contribution in [0.5, 0.6) is 0 Å². The van der Waals surface area contributed by atoms with Crippen LogP contribution < -0.4 is 5.32 Å². The molecule has 0 aromatic carbocycles. The molecule has 2 aromatic heterocycles. The van der Waals surface area contributed by atoms with Gasteiger partial charge < -0.3 is 5.32 Å². The van der Waals surface area contributed by atoms with Crippen molar-refractivity contribution >= 4 is 5.91 Å². The number of imidazole rings is 1. The quantitative estimate of drug-likeness (QED) is 0.935. The molecule has 1 N–H and O–H groups in total. The lowest BCUT2D eigenvalue weighted by Gasteiger charge is -2.30. The van der Waals surface area contributed by atoms with E-state index in [4.69, 9.17) is 0 Å². The Balaban J connectivity index is 1.61. The van der Waals surface area contributed by atoms with Crippen LogP contribution in [0, 0.1) is 5.92 Å². The van der Waals surface area contributed by atoms with E-state index in [0.717, 1.165) is 0 Å². The summed E-state index contributed by atoms with van der Waals surface area (Å²) in [7, 11) is 0. The Labute approximate surface area is 136 Å². The Morgan fingerprint density at radius 2 is 1.96 bits per heavy atom. The third kappa shape index (κ3) is 3.74. The van der Waals surface area contributed by atoms with Gasteiger partial charge in [-0.25, -0.2) is 9.97 Å². The molecule has 1 aliphatic carbocycles. The molecular formula is C16H17F3N4O. The Morgan fingerprint density at radius 1 is 1.21 bits per heavy atom. The molecule has 1 fully saturated rings. The molecule has 0 aliphatic heterocycles. The number of pyridine rings is 1. The van der Waals surface area contributed by atoms with Crippen molar-refractivity contribution in [2.75, 3.05) is 0 Å². The number of carbonyl (C=O) groups is 1. The molecule has 2 aromatic rings. The van der Waals surface area contributed by atoms with E-state index in [9.17, 15) is 18.0 Å². The maximum Gasteiger partial charge on any atom is 0.391 e. The zero-order valence-electron chi connectivity index (χ0n) is 12.8. The Morgan fingerprint density at radius 3 is 2.58 bits per heavy atom. The van der Waals surface area contributed by atoms with Gasteiger partial charge in [0.25, 0.3) is 5.91 Å². The zero-order valence-corrected chi connectivity index (χ0v) is 12.8. The van der Waals surface area contributed by atoms with Crippen molar-refractivity contribution in [3.63, 3.8) is 0 Å². The molecule has 0 spiro atoms. The topological polar surface area (TPSA) is 59.8 Å². The average Bonchev–Trinajstić information content (AvgIpc) is 3.09. The lowest BCUT2D eigenvalue weighted by Crippen LogP contribution is -2.40. The van der Waals surface area contributed by atoms with Crippen LogP contribution >= 0.6 is 0 Å². The van der Waals surface area contributed by atoms with E-state index in [1.165, 1.54) is 6.20 Å². The van der Waals surface area contributed by atoms with Crippen LogP contribution in [0.15, 0.2) is 37.1 Å². The normalized spacial score (nSPS) is 21.5. The minimum atomic E-state index is -4.14. The van der Waals surface area contributed by atoms with Gasteiger partial charge in [0, 0.05) is 30.2 Å². The summed E-state index contributed by atoms with van der Waals surface area (Å²) >= 11 is 0. The SMILES string of the molecule is O=C(NC1CCC(C(F)(F)F)CC1)c1ccnc(-n2ccnc2)c1. The van der Waals surface area contributed by atoms with E-state index >= 15 is 0 Å². The van der Waals surface area contributed by atoms with Crippen molar-refractivity contribution in [3.05, 3.63) is 42.6 Å². The van der Waals surface area contributed by atoms with Gasteiger partial charge in [0.1, 0.15) is 12.1 Å².